The predicted octanol–water partition coefficient (Wildman–Crippen LogP) is 2.58. The molecule has 0 saturated carbocycles. The molecule has 0 bridgehead atoms. The average molecular weight is 386 g/mol. The van der Waals surface area contributed by atoms with Crippen LogP contribution in [-0.4, -0.2) is 27.1 Å². The number of carbonyl (C=O) groups excluding carboxylic acids is 1. The zero-order chi connectivity index (χ0) is 14.9. The van der Waals surface area contributed by atoms with Crippen LogP contribution in [0.1, 0.15) is 26.5 Å². The molecule has 0 atom stereocenters. The fraction of sp³-hybridized carbons (Fsp3) is 0.0769. The first-order valence-electron chi connectivity index (χ1n) is 5.61. The molecular formula is C13H11IN2O4. The van der Waals surface area contributed by atoms with Crippen molar-refractivity contribution in [1.29, 1.82) is 0 Å². The molecule has 0 fully saturated rings. The number of aromatic hydroxyl groups is 1. The smallest absolute Gasteiger partial charge is 0.354 e. The van der Waals surface area contributed by atoms with Crippen LogP contribution in [-0.2, 0) is 0 Å². The number of carboxylic acid groups (broad SMARTS) is 1. The van der Waals surface area contributed by atoms with E-state index in [0.717, 1.165) is 0 Å². The highest BCUT2D eigenvalue weighted by atomic mass is 127. The van der Waals surface area contributed by atoms with Crippen LogP contribution in [0.25, 0.3) is 0 Å². The average Bonchev–Trinajstić information content (AvgIpc) is 2.73. The molecule has 7 heteroatoms. The number of amides is 1. The highest BCUT2D eigenvalue weighted by Crippen LogP contribution is 2.22. The number of aromatic nitrogens is 1. The van der Waals surface area contributed by atoms with Crippen molar-refractivity contribution in [2.75, 3.05) is 5.32 Å². The van der Waals surface area contributed by atoms with Crippen molar-refractivity contribution in [1.82, 2.24) is 4.98 Å². The van der Waals surface area contributed by atoms with E-state index in [0.29, 0.717) is 9.26 Å². The van der Waals surface area contributed by atoms with Crippen molar-refractivity contribution in [2.24, 2.45) is 0 Å². The first-order chi connectivity index (χ1) is 9.38. The quantitative estimate of drug-likeness (QED) is 0.609. The summed E-state index contributed by atoms with van der Waals surface area (Å²) in [6.45, 7) is 1.69. The Hall–Kier alpha value is -2.03. The molecule has 1 aromatic carbocycles. The van der Waals surface area contributed by atoms with E-state index >= 15 is 0 Å². The Morgan fingerprint density at radius 3 is 2.60 bits per heavy atom. The number of benzene rings is 1. The third-order valence-corrected chi connectivity index (χ3v) is 3.53. The first-order valence-corrected chi connectivity index (χ1v) is 6.69. The summed E-state index contributed by atoms with van der Waals surface area (Å²) in [4.78, 5) is 25.7. The van der Waals surface area contributed by atoms with Crippen LogP contribution in [0, 0.1) is 10.5 Å². The summed E-state index contributed by atoms with van der Waals surface area (Å²) in [6, 6.07) is 6.02. The minimum Gasteiger partial charge on any atom is -0.507 e. The van der Waals surface area contributed by atoms with Crippen molar-refractivity contribution in [3.8, 4) is 5.75 Å². The molecule has 4 N–H and O–H groups in total. The number of phenolic OH excluding ortho intramolecular Hbond substituents is 1. The molecular weight excluding hydrogens is 375 g/mol. The zero-order valence-corrected chi connectivity index (χ0v) is 12.6. The number of H-pyrrole nitrogens is 1. The summed E-state index contributed by atoms with van der Waals surface area (Å²) in [7, 11) is 0. The van der Waals surface area contributed by atoms with E-state index in [-0.39, 0.29) is 22.7 Å². The molecule has 2 aromatic rings. The Kier molecular flexibility index (Phi) is 3.98. The van der Waals surface area contributed by atoms with Gasteiger partial charge in [0.05, 0.1) is 9.26 Å². The largest absolute Gasteiger partial charge is 0.507 e. The van der Waals surface area contributed by atoms with E-state index in [1.54, 1.807) is 19.1 Å². The van der Waals surface area contributed by atoms with E-state index in [4.69, 9.17) is 5.11 Å². The molecule has 2 rings (SSSR count). The summed E-state index contributed by atoms with van der Waals surface area (Å²) in [5.41, 5.74) is 0.991. The lowest BCUT2D eigenvalue weighted by Gasteiger charge is -2.05. The van der Waals surface area contributed by atoms with Crippen LogP contribution in [0.3, 0.4) is 0 Å². The van der Waals surface area contributed by atoms with Crippen molar-refractivity contribution < 1.29 is 19.8 Å². The van der Waals surface area contributed by atoms with Crippen molar-refractivity contribution in [3.05, 3.63) is 44.8 Å². The van der Waals surface area contributed by atoms with Gasteiger partial charge in [0.25, 0.3) is 5.91 Å². The molecule has 1 heterocycles. The maximum atomic E-state index is 12.0. The molecule has 0 saturated heterocycles. The van der Waals surface area contributed by atoms with E-state index in [1.807, 2.05) is 22.6 Å². The molecule has 20 heavy (non-hydrogen) atoms. The summed E-state index contributed by atoms with van der Waals surface area (Å²) < 4.78 is 0.628. The topological polar surface area (TPSA) is 102 Å². The number of aryl methyl sites for hydroxylation is 1. The van der Waals surface area contributed by atoms with E-state index in [2.05, 4.69) is 10.3 Å². The molecule has 0 aliphatic heterocycles. The summed E-state index contributed by atoms with van der Waals surface area (Å²) in [6.07, 6.45) is 0. The number of hydrogen-bond acceptors (Lipinski definition) is 3. The second kappa shape index (κ2) is 5.53. The van der Waals surface area contributed by atoms with Crippen molar-refractivity contribution in [3.63, 3.8) is 0 Å². The third-order valence-electron chi connectivity index (χ3n) is 2.62. The van der Waals surface area contributed by atoms with Crippen LogP contribution in [0.5, 0.6) is 5.75 Å². The van der Waals surface area contributed by atoms with Crippen LogP contribution in [0.4, 0.5) is 5.69 Å². The molecule has 0 aliphatic carbocycles. The van der Waals surface area contributed by atoms with E-state index in [9.17, 15) is 14.7 Å². The molecule has 0 radical (unpaired) electrons. The highest BCUT2D eigenvalue weighted by molar-refractivity contribution is 14.1. The number of aromatic carboxylic acids is 1. The fourth-order valence-electron chi connectivity index (χ4n) is 1.70. The van der Waals surface area contributed by atoms with Gasteiger partial charge in [-0.05, 0) is 53.8 Å². The zero-order valence-electron chi connectivity index (χ0n) is 10.4. The van der Waals surface area contributed by atoms with Gasteiger partial charge in [-0.3, -0.25) is 4.79 Å². The second-order valence-corrected chi connectivity index (χ2v) is 5.33. The molecule has 104 valence electrons. The molecule has 1 amide bonds. The van der Waals surface area contributed by atoms with Gasteiger partial charge < -0.3 is 20.5 Å². The normalized spacial score (nSPS) is 10.3. The minimum atomic E-state index is -1.15. The van der Waals surface area contributed by atoms with Gasteiger partial charge in [-0.15, -0.1) is 0 Å². The third kappa shape index (κ3) is 2.93. The van der Waals surface area contributed by atoms with E-state index in [1.165, 1.54) is 12.1 Å². The Bertz CT molecular complexity index is 694. The summed E-state index contributed by atoms with van der Waals surface area (Å²) >= 11 is 1.94. The molecule has 0 aliphatic rings. The lowest BCUT2D eigenvalue weighted by Crippen LogP contribution is -2.14. The predicted molar refractivity (Wildman–Crippen MR) is 81.3 cm³/mol. The molecule has 6 nitrogen and oxygen atoms in total. The van der Waals surface area contributed by atoms with Gasteiger partial charge in [-0.2, -0.15) is 0 Å². The van der Waals surface area contributed by atoms with Crippen LogP contribution >= 0.6 is 22.6 Å². The molecule has 0 spiro atoms. The molecule has 0 unspecified atom stereocenters. The summed E-state index contributed by atoms with van der Waals surface area (Å²) in [5.74, 6) is -1.64. The van der Waals surface area contributed by atoms with Crippen LogP contribution < -0.4 is 5.32 Å². The monoisotopic (exact) mass is 386 g/mol. The fourth-order valence-corrected chi connectivity index (χ4v) is 2.04. The number of rotatable bonds is 3. The van der Waals surface area contributed by atoms with Crippen LogP contribution in [0.2, 0.25) is 0 Å². The van der Waals surface area contributed by atoms with Gasteiger partial charge in [-0.25, -0.2) is 4.79 Å². The lowest BCUT2D eigenvalue weighted by atomic mass is 10.2. The Morgan fingerprint density at radius 1 is 1.30 bits per heavy atom. The SMILES string of the molecule is Cc1cc(NC(=O)c2ccc(I)c(O)c2)c(C(=O)O)[nH]1. The standard InChI is InChI=1S/C13H11IN2O4/c1-6-4-9(11(15-6)13(19)20)16-12(18)7-2-3-8(14)10(17)5-7/h2-5,15,17H,1H3,(H,16,18)(H,19,20). The lowest BCUT2D eigenvalue weighted by molar-refractivity contribution is 0.0692. The number of aromatic amines is 1. The number of anilines is 1. The second-order valence-electron chi connectivity index (χ2n) is 4.17. The van der Waals surface area contributed by atoms with Crippen LogP contribution in [0.15, 0.2) is 24.3 Å². The Morgan fingerprint density at radius 2 is 2.00 bits per heavy atom. The first kappa shape index (κ1) is 14.4. The number of nitrogens with one attached hydrogen (secondary N) is 2. The van der Waals surface area contributed by atoms with Gasteiger partial charge in [0, 0.05) is 11.3 Å². The Labute approximate surface area is 128 Å². The van der Waals surface area contributed by atoms with E-state index < -0.39 is 11.9 Å². The van der Waals surface area contributed by atoms with Crippen molar-refractivity contribution >= 4 is 40.2 Å². The number of carboxylic acids is 1. The highest BCUT2D eigenvalue weighted by Gasteiger charge is 2.16. The van der Waals surface area contributed by atoms with Crippen molar-refractivity contribution in [2.45, 2.75) is 6.92 Å². The number of halogens is 1. The number of phenols is 1. The van der Waals surface area contributed by atoms with Gasteiger partial charge in [0.2, 0.25) is 0 Å². The van der Waals surface area contributed by atoms with Gasteiger partial charge in [0.15, 0.2) is 0 Å². The van der Waals surface area contributed by atoms with Gasteiger partial charge in [-0.1, -0.05) is 0 Å². The minimum absolute atomic E-state index is 0.00181. The maximum absolute atomic E-state index is 12.0. The molecule has 1 aromatic heterocycles. The number of hydrogen-bond donors (Lipinski definition) is 4. The maximum Gasteiger partial charge on any atom is 0.354 e. The summed E-state index contributed by atoms with van der Waals surface area (Å²) in [5, 5.41) is 21.1. The Balaban J connectivity index is 2.27. The number of carbonyl (C=O) groups is 2. The van der Waals surface area contributed by atoms with Gasteiger partial charge >= 0.3 is 5.97 Å². The van der Waals surface area contributed by atoms with Gasteiger partial charge in [0.1, 0.15) is 11.4 Å².